The Morgan fingerprint density at radius 1 is 1.36 bits per heavy atom. The zero-order valence-corrected chi connectivity index (χ0v) is 13.2. The van der Waals surface area contributed by atoms with E-state index in [9.17, 15) is 9.59 Å². The van der Waals surface area contributed by atoms with E-state index >= 15 is 0 Å². The molecule has 1 saturated heterocycles. The molecular formula is C18H22O4. The molecule has 22 heavy (non-hydrogen) atoms. The van der Waals surface area contributed by atoms with Gasteiger partial charge in [-0.2, -0.15) is 0 Å². The maximum atomic E-state index is 11.5. The van der Waals surface area contributed by atoms with Gasteiger partial charge in [-0.3, -0.25) is 4.79 Å². The van der Waals surface area contributed by atoms with Crippen molar-refractivity contribution in [3.8, 4) is 0 Å². The summed E-state index contributed by atoms with van der Waals surface area (Å²) in [6, 6.07) is 7.98. The van der Waals surface area contributed by atoms with Crippen molar-refractivity contribution < 1.29 is 19.1 Å². The summed E-state index contributed by atoms with van der Waals surface area (Å²) in [6.07, 6.45) is 2.54. The average molecular weight is 302 g/mol. The monoisotopic (exact) mass is 302 g/mol. The standard InChI is InChI=1S/C18H22O4/c1-4-21-16(19)7-5-6-14-8-10-15(11-9-14)18(3)12-13(2)17(20)22-18/h8-11H,2,4-7,12H2,1,3H3. The van der Waals surface area contributed by atoms with Gasteiger partial charge in [0, 0.05) is 18.4 Å². The lowest BCUT2D eigenvalue weighted by Gasteiger charge is -2.22. The fourth-order valence-electron chi connectivity index (χ4n) is 2.65. The van der Waals surface area contributed by atoms with E-state index in [-0.39, 0.29) is 11.9 Å². The Kier molecular flexibility index (Phi) is 5.01. The number of aryl methyl sites for hydroxylation is 1. The van der Waals surface area contributed by atoms with E-state index in [1.807, 2.05) is 38.1 Å². The first kappa shape index (κ1) is 16.3. The van der Waals surface area contributed by atoms with Gasteiger partial charge in [-0.25, -0.2) is 4.79 Å². The van der Waals surface area contributed by atoms with Crippen molar-refractivity contribution in [1.29, 1.82) is 0 Å². The number of hydrogen-bond acceptors (Lipinski definition) is 4. The van der Waals surface area contributed by atoms with Crippen LogP contribution in [0.15, 0.2) is 36.4 Å². The highest BCUT2D eigenvalue weighted by Crippen LogP contribution is 2.38. The van der Waals surface area contributed by atoms with Gasteiger partial charge >= 0.3 is 11.9 Å². The lowest BCUT2D eigenvalue weighted by molar-refractivity contribution is -0.146. The second-order valence-electron chi connectivity index (χ2n) is 5.76. The molecule has 0 spiro atoms. The molecule has 1 aliphatic heterocycles. The number of carbonyl (C=O) groups excluding carboxylic acids is 2. The molecular weight excluding hydrogens is 280 g/mol. The summed E-state index contributed by atoms with van der Waals surface area (Å²) in [7, 11) is 0. The second-order valence-corrected chi connectivity index (χ2v) is 5.76. The van der Waals surface area contributed by atoms with Crippen molar-refractivity contribution in [2.24, 2.45) is 0 Å². The molecule has 0 bridgehead atoms. The Balaban J connectivity index is 1.92. The Hall–Kier alpha value is -2.10. The molecule has 0 radical (unpaired) electrons. The minimum Gasteiger partial charge on any atom is -0.466 e. The first-order chi connectivity index (χ1) is 10.4. The Bertz CT molecular complexity index is 555. The van der Waals surface area contributed by atoms with Crippen LogP contribution in [0.1, 0.15) is 44.2 Å². The molecule has 1 atom stereocenters. The molecule has 0 aromatic heterocycles. The van der Waals surface area contributed by atoms with E-state index in [2.05, 4.69) is 6.58 Å². The molecule has 1 heterocycles. The normalized spacial score (nSPS) is 20.8. The minimum absolute atomic E-state index is 0.150. The van der Waals surface area contributed by atoms with E-state index in [4.69, 9.17) is 9.47 Å². The molecule has 1 unspecified atom stereocenters. The van der Waals surface area contributed by atoms with Gasteiger partial charge in [-0.15, -0.1) is 0 Å². The smallest absolute Gasteiger partial charge is 0.334 e. The lowest BCUT2D eigenvalue weighted by atomic mass is 9.90. The Labute approximate surface area is 131 Å². The molecule has 1 fully saturated rings. The number of cyclic esters (lactones) is 1. The maximum absolute atomic E-state index is 11.5. The highest BCUT2D eigenvalue weighted by Gasteiger charge is 2.39. The summed E-state index contributed by atoms with van der Waals surface area (Å²) in [4.78, 5) is 22.8. The minimum atomic E-state index is -0.613. The highest BCUT2D eigenvalue weighted by molar-refractivity contribution is 5.90. The third-order valence-electron chi connectivity index (χ3n) is 3.87. The predicted molar refractivity (Wildman–Crippen MR) is 83.2 cm³/mol. The molecule has 0 aliphatic carbocycles. The molecule has 2 rings (SSSR count). The largest absolute Gasteiger partial charge is 0.466 e. The van der Waals surface area contributed by atoms with Crippen LogP contribution in [-0.4, -0.2) is 18.5 Å². The predicted octanol–water partition coefficient (Wildman–Crippen LogP) is 3.29. The van der Waals surface area contributed by atoms with E-state index in [0.29, 0.717) is 25.0 Å². The maximum Gasteiger partial charge on any atom is 0.334 e. The lowest BCUT2D eigenvalue weighted by Crippen LogP contribution is -2.20. The van der Waals surface area contributed by atoms with Crippen LogP contribution in [0.5, 0.6) is 0 Å². The number of ether oxygens (including phenoxy) is 2. The topological polar surface area (TPSA) is 52.6 Å². The molecule has 0 saturated carbocycles. The van der Waals surface area contributed by atoms with Gasteiger partial charge < -0.3 is 9.47 Å². The van der Waals surface area contributed by atoms with Crippen LogP contribution in [0.2, 0.25) is 0 Å². The summed E-state index contributed by atoms with van der Waals surface area (Å²) < 4.78 is 10.3. The summed E-state index contributed by atoms with van der Waals surface area (Å²) in [5.41, 5.74) is 2.02. The van der Waals surface area contributed by atoms with Crippen molar-refractivity contribution in [1.82, 2.24) is 0 Å². The Morgan fingerprint density at radius 3 is 2.59 bits per heavy atom. The van der Waals surface area contributed by atoms with Crippen molar-refractivity contribution >= 4 is 11.9 Å². The van der Waals surface area contributed by atoms with Gasteiger partial charge in [0.25, 0.3) is 0 Å². The second kappa shape index (κ2) is 6.77. The summed E-state index contributed by atoms with van der Waals surface area (Å²) in [5.74, 6) is -0.468. The van der Waals surface area contributed by atoms with Crippen LogP contribution < -0.4 is 0 Å². The fourth-order valence-corrected chi connectivity index (χ4v) is 2.65. The van der Waals surface area contributed by atoms with Crippen molar-refractivity contribution in [2.75, 3.05) is 6.61 Å². The molecule has 1 aromatic rings. The van der Waals surface area contributed by atoms with Crippen molar-refractivity contribution in [3.63, 3.8) is 0 Å². The van der Waals surface area contributed by atoms with E-state index in [0.717, 1.165) is 24.0 Å². The van der Waals surface area contributed by atoms with Crippen molar-refractivity contribution in [2.45, 2.75) is 45.1 Å². The molecule has 1 aliphatic rings. The van der Waals surface area contributed by atoms with E-state index < -0.39 is 5.60 Å². The quantitative estimate of drug-likeness (QED) is 0.597. The SMILES string of the molecule is C=C1CC(C)(c2ccc(CCCC(=O)OCC)cc2)OC1=O. The van der Waals surface area contributed by atoms with Gasteiger partial charge in [0.2, 0.25) is 0 Å². The van der Waals surface area contributed by atoms with Crippen LogP contribution >= 0.6 is 0 Å². The summed E-state index contributed by atoms with van der Waals surface area (Å²) in [5, 5.41) is 0. The zero-order valence-electron chi connectivity index (χ0n) is 13.2. The van der Waals surface area contributed by atoms with Gasteiger partial charge in [-0.05, 0) is 37.8 Å². The first-order valence-corrected chi connectivity index (χ1v) is 7.61. The molecule has 118 valence electrons. The van der Waals surface area contributed by atoms with Gasteiger partial charge in [0.1, 0.15) is 5.60 Å². The van der Waals surface area contributed by atoms with Crippen LogP contribution in [-0.2, 0) is 31.1 Å². The van der Waals surface area contributed by atoms with Gasteiger partial charge in [-0.1, -0.05) is 30.8 Å². The van der Waals surface area contributed by atoms with Gasteiger partial charge in [0.05, 0.1) is 6.61 Å². The zero-order chi connectivity index (χ0) is 16.2. The molecule has 0 N–H and O–H groups in total. The number of carbonyl (C=O) groups is 2. The molecule has 1 aromatic carbocycles. The number of esters is 2. The van der Waals surface area contributed by atoms with E-state index in [1.165, 1.54) is 0 Å². The molecule has 4 nitrogen and oxygen atoms in total. The van der Waals surface area contributed by atoms with Crippen LogP contribution in [0.3, 0.4) is 0 Å². The number of rotatable bonds is 6. The summed E-state index contributed by atoms with van der Waals surface area (Å²) >= 11 is 0. The third-order valence-corrected chi connectivity index (χ3v) is 3.87. The van der Waals surface area contributed by atoms with E-state index in [1.54, 1.807) is 0 Å². The first-order valence-electron chi connectivity index (χ1n) is 7.61. The number of hydrogen-bond donors (Lipinski definition) is 0. The van der Waals surface area contributed by atoms with Crippen LogP contribution in [0.4, 0.5) is 0 Å². The Morgan fingerprint density at radius 2 is 2.05 bits per heavy atom. The van der Waals surface area contributed by atoms with Gasteiger partial charge in [0.15, 0.2) is 0 Å². The van der Waals surface area contributed by atoms with Crippen molar-refractivity contribution in [3.05, 3.63) is 47.5 Å². The van der Waals surface area contributed by atoms with Crippen LogP contribution in [0, 0.1) is 0 Å². The fraction of sp³-hybridized carbons (Fsp3) is 0.444. The molecule has 0 amide bonds. The average Bonchev–Trinajstić information content (AvgIpc) is 2.74. The third kappa shape index (κ3) is 3.75. The molecule has 4 heteroatoms. The van der Waals surface area contributed by atoms with Crippen LogP contribution in [0.25, 0.3) is 0 Å². The number of benzene rings is 1. The highest BCUT2D eigenvalue weighted by atomic mass is 16.6. The summed E-state index contributed by atoms with van der Waals surface area (Å²) in [6.45, 7) is 7.86.